The highest BCUT2D eigenvalue weighted by atomic mass is 32.1. The number of allylic oxidation sites excluding steroid dienone is 8. The molecule has 2 aromatic rings. The molecule has 0 fully saturated rings. The van der Waals surface area contributed by atoms with Crippen LogP contribution in [0.2, 0.25) is 0 Å². The van der Waals surface area contributed by atoms with E-state index in [0.29, 0.717) is 71.4 Å². The summed E-state index contributed by atoms with van der Waals surface area (Å²) in [7, 11) is 0. The number of nitrogens with zero attached hydrogens (tertiary/aromatic N) is 1. The molecule has 0 saturated heterocycles. The standard InChI is InChI=1S/C51H70N2O9S/c1-30(2)15-10-17-32(5)19-12-22-50(8)43(56)27-37-41(54)25-35(34(7)45(37)61-50)47(58)52-24-14-21-40(49(59)60)53-29-39-36(48(53)63)26-42(55)38-28-44(57)51(9,62-46(38)39)23-13-20-33(6)18-11-16-31(3)4/h15-16,19-20,25-26,40,43-44,54-57H,10-14,17-18,21-24,27-29H2,1-9H3,(H,52,58)(H,59,60)/b32-19+,33-20+/t40-,43-,44-,50+,51+/m0/s1. The van der Waals surface area contributed by atoms with Gasteiger partial charge in [-0.2, -0.15) is 0 Å². The molecule has 3 aliphatic rings. The van der Waals surface area contributed by atoms with E-state index in [1.54, 1.807) is 17.9 Å². The van der Waals surface area contributed by atoms with Crippen molar-refractivity contribution in [3.8, 4) is 23.0 Å². The first-order chi connectivity index (χ1) is 29.7. The van der Waals surface area contributed by atoms with Crippen molar-refractivity contribution in [2.24, 2.45) is 0 Å². The lowest BCUT2D eigenvalue weighted by Gasteiger charge is -2.41. The number of ether oxygens (including phenoxy) is 2. The topological polar surface area (TPSA) is 169 Å². The highest BCUT2D eigenvalue weighted by molar-refractivity contribution is 7.80. The van der Waals surface area contributed by atoms with Crippen molar-refractivity contribution >= 4 is 29.1 Å². The van der Waals surface area contributed by atoms with Gasteiger partial charge in [0.2, 0.25) is 0 Å². The van der Waals surface area contributed by atoms with Crippen molar-refractivity contribution in [2.75, 3.05) is 6.54 Å². The van der Waals surface area contributed by atoms with E-state index in [4.69, 9.17) is 21.7 Å². The number of benzene rings is 2. The van der Waals surface area contributed by atoms with Gasteiger partial charge in [0.05, 0.1) is 12.2 Å². The molecule has 5 rings (SSSR count). The molecule has 344 valence electrons. The number of aliphatic hydroxyl groups is 2. The predicted octanol–water partition coefficient (Wildman–Crippen LogP) is 9.62. The summed E-state index contributed by atoms with van der Waals surface area (Å²) in [5, 5.41) is 57.9. The van der Waals surface area contributed by atoms with Crippen LogP contribution in [-0.2, 0) is 24.2 Å². The second-order valence-electron chi connectivity index (χ2n) is 18.9. The lowest BCUT2D eigenvalue weighted by atomic mass is 9.84. The van der Waals surface area contributed by atoms with Crippen LogP contribution in [-0.4, -0.2) is 83.3 Å². The number of carboxylic acid groups (broad SMARTS) is 1. The minimum Gasteiger partial charge on any atom is -0.508 e. The Labute approximate surface area is 379 Å². The second-order valence-corrected chi connectivity index (χ2v) is 19.3. The lowest BCUT2D eigenvalue weighted by molar-refractivity contribution is -0.142. The largest absolute Gasteiger partial charge is 0.508 e. The van der Waals surface area contributed by atoms with Crippen molar-refractivity contribution in [3.63, 3.8) is 0 Å². The molecule has 11 nitrogen and oxygen atoms in total. The molecule has 3 heterocycles. The van der Waals surface area contributed by atoms with Gasteiger partial charge < -0.3 is 45.2 Å². The first kappa shape index (κ1) is 49.4. The number of aliphatic hydroxyl groups excluding tert-OH is 2. The number of fused-ring (bicyclic) bond motifs is 4. The highest BCUT2D eigenvalue weighted by Gasteiger charge is 2.45. The zero-order valence-corrected chi connectivity index (χ0v) is 39.6. The van der Waals surface area contributed by atoms with Gasteiger partial charge in [-0.15, -0.1) is 0 Å². The summed E-state index contributed by atoms with van der Waals surface area (Å²) >= 11 is 5.83. The van der Waals surface area contributed by atoms with Gasteiger partial charge in [-0.3, -0.25) is 4.79 Å². The smallest absolute Gasteiger partial charge is 0.326 e. The summed E-state index contributed by atoms with van der Waals surface area (Å²) in [4.78, 5) is 28.3. The molecule has 0 aliphatic carbocycles. The second kappa shape index (κ2) is 20.9. The highest BCUT2D eigenvalue weighted by Crippen LogP contribution is 2.47. The summed E-state index contributed by atoms with van der Waals surface area (Å²) < 4.78 is 13.0. The van der Waals surface area contributed by atoms with Crippen LogP contribution in [0.4, 0.5) is 0 Å². The van der Waals surface area contributed by atoms with Crippen LogP contribution in [0.15, 0.2) is 58.7 Å². The number of hydrogen-bond donors (Lipinski definition) is 6. The van der Waals surface area contributed by atoms with Gasteiger partial charge in [-0.25, -0.2) is 4.79 Å². The minimum atomic E-state index is -1.07. The monoisotopic (exact) mass is 886 g/mol. The number of rotatable bonds is 19. The van der Waals surface area contributed by atoms with Crippen LogP contribution >= 0.6 is 12.2 Å². The van der Waals surface area contributed by atoms with Gasteiger partial charge in [0, 0.05) is 59.3 Å². The fraction of sp³-hybridized carbons (Fsp3) is 0.549. The average molecular weight is 887 g/mol. The first-order valence-corrected chi connectivity index (χ1v) is 22.9. The fourth-order valence-corrected chi connectivity index (χ4v) is 9.24. The molecule has 5 atom stereocenters. The predicted molar refractivity (Wildman–Crippen MR) is 252 cm³/mol. The number of aromatic hydroxyl groups is 2. The number of amides is 1. The number of nitrogens with one attached hydrogen (secondary N) is 1. The number of thiocarbonyl (C=S) groups is 1. The van der Waals surface area contributed by atoms with Crippen LogP contribution in [0.5, 0.6) is 23.0 Å². The normalized spacial score (nSPS) is 22.3. The number of phenolic OH excluding ortho intramolecular Hbond substituents is 2. The zero-order valence-electron chi connectivity index (χ0n) is 38.8. The van der Waals surface area contributed by atoms with Crippen LogP contribution in [0.1, 0.15) is 158 Å². The van der Waals surface area contributed by atoms with E-state index >= 15 is 0 Å². The molecule has 63 heavy (non-hydrogen) atoms. The number of phenols is 2. The van der Waals surface area contributed by atoms with E-state index in [1.807, 2.05) is 13.8 Å². The van der Waals surface area contributed by atoms with Crippen LogP contribution in [0.25, 0.3) is 0 Å². The van der Waals surface area contributed by atoms with E-state index in [-0.39, 0.29) is 54.4 Å². The Balaban J connectivity index is 1.22. The third kappa shape index (κ3) is 11.7. The van der Waals surface area contributed by atoms with E-state index in [1.165, 1.54) is 28.4 Å². The number of hydrogen-bond acceptors (Lipinski definition) is 9. The maximum atomic E-state index is 13.6. The fourth-order valence-electron chi connectivity index (χ4n) is 8.87. The molecule has 12 heteroatoms. The van der Waals surface area contributed by atoms with Gasteiger partial charge in [0.25, 0.3) is 5.91 Å². The Morgan fingerprint density at radius 2 is 1.32 bits per heavy atom. The van der Waals surface area contributed by atoms with Crippen molar-refractivity contribution in [2.45, 2.75) is 175 Å². The minimum absolute atomic E-state index is 0.0538. The number of carboxylic acids is 1. The third-order valence-corrected chi connectivity index (χ3v) is 13.5. The van der Waals surface area contributed by atoms with E-state index < -0.39 is 41.3 Å². The summed E-state index contributed by atoms with van der Waals surface area (Å²) in [6, 6.07) is 1.92. The molecular formula is C51H70N2O9S. The third-order valence-electron chi connectivity index (χ3n) is 13.1. The maximum Gasteiger partial charge on any atom is 0.326 e. The van der Waals surface area contributed by atoms with E-state index in [2.05, 4.69) is 71.2 Å². The van der Waals surface area contributed by atoms with E-state index in [9.17, 15) is 35.1 Å². The molecule has 0 spiro atoms. The molecule has 1 amide bonds. The SMILES string of the molecule is CC(C)=CCC/C(C)=C/CC[C@@]1(C)Oc2c(C)c(C(=O)NCCC[C@@H](C(=O)O)N3Cc4c(cc(O)c5c4O[C@](C)(CC/C=C(\C)CCC=C(C)C)[C@@H](O)C5)C3=S)cc(O)c2C[C@@H]1O. The van der Waals surface area contributed by atoms with Crippen molar-refractivity contribution < 1.29 is 44.6 Å². The van der Waals surface area contributed by atoms with Crippen LogP contribution in [0, 0.1) is 6.92 Å². The average Bonchev–Trinajstić information content (AvgIpc) is 3.52. The van der Waals surface area contributed by atoms with E-state index in [0.717, 1.165) is 25.7 Å². The first-order valence-electron chi connectivity index (χ1n) is 22.5. The van der Waals surface area contributed by atoms with Gasteiger partial charge in [0.15, 0.2) is 0 Å². The molecule has 6 N–H and O–H groups in total. The Morgan fingerprint density at radius 3 is 1.84 bits per heavy atom. The number of carbonyl (C=O) groups excluding carboxylic acids is 1. The van der Waals surface area contributed by atoms with Gasteiger partial charge >= 0.3 is 5.97 Å². The molecule has 3 aliphatic heterocycles. The Morgan fingerprint density at radius 1 is 0.810 bits per heavy atom. The molecule has 0 radical (unpaired) electrons. The molecule has 0 saturated carbocycles. The Kier molecular flexibility index (Phi) is 16.4. The molecule has 0 bridgehead atoms. The van der Waals surface area contributed by atoms with Gasteiger partial charge in [0.1, 0.15) is 45.2 Å². The lowest BCUT2D eigenvalue weighted by Crippen LogP contribution is -2.49. The Bertz CT molecular complexity index is 2180. The molecular weight excluding hydrogens is 817 g/mol. The molecule has 2 aromatic carbocycles. The van der Waals surface area contributed by atoms with Gasteiger partial charge in [-0.05, 0) is 139 Å². The van der Waals surface area contributed by atoms with Gasteiger partial charge in [-0.1, -0.05) is 58.8 Å². The van der Waals surface area contributed by atoms with Crippen molar-refractivity contribution in [1.29, 1.82) is 0 Å². The summed E-state index contributed by atoms with van der Waals surface area (Å²) in [6.07, 6.45) is 14.3. The number of aliphatic carboxylic acids is 1. The van der Waals surface area contributed by atoms with Crippen LogP contribution < -0.4 is 14.8 Å². The number of carbonyl (C=O) groups is 2. The molecule has 0 aromatic heterocycles. The van der Waals surface area contributed by atoms with Crippen molar-refractivity contribution in [3.05, 3.63) is 92.1 Å². The quantitative estimate of drug-likeness (QED) is 0.0451. The zero-order chi connectivity index (χ0) is 46.4. The van der Waals surface area contributed by atoms with Crippen molar-refractivity contribution in [1.82, 2.24) is 10.2 Å². The Hall–Kier alpha value is -4.65. The summed E-state index contributed by atoms with van der Waals surface area (Å²) in [6.45, 7) is 18.4. The maximum absolute atomic E-state index is 13.6. The summed E-state index contributed by atoms with van der Waals surface area (Å²) in [5.74, 6) is -0.851. The summed E-state index contributed by atoms with van der Waals surface area (Å²) in [5.41, 5.74) is 6.20. The van der Waals surface area contributed by atoms with Crippen LogP contribution in [0.3, 0.4) is 0 Å². The molecule has 0 unspecified atom stereocenters.